The zero-order chi connectivity index (χ0) is 25.2. The van der Waals surface area contributed by atoms with Crippen LogP contribution in [0.5, 0.6) is 0 Å². The lowest BCUT2D eigenvalue weighted by molar-refractivity contribution is -0.939. The molecule has 1 amide bonds. The molecule has 2 bridgehead atoms. The molecule has 7 nitrogen and oxygen atoms in total. The number of nitrogens with one attached hydrogen (secondary N) is 1. The molecule has 5 rings (SSSR count). The van der Waals surface area contributed by atoms with Crippen molar-refractivity contribution in [3.63, 3.8) is 0 Å². The van der Waals surface area contributed by atoms with Gasteiger partial charge >= 0.3 is 12.1 Å². The van der Waals surface area contributed by atoms with Gasteiger partial charge in [0.25, 0.3) is 0 Å². The third kappa shape index (κ3) is 6.60. The second-order valence-electron chi connectivity index (χ2n) is 10.7. The summed E-state index contributed by atoms with van der Waals surface area (Å²) in [4.78, 5) is 38.9. The Morgan fingerprint density at radius 1 is 1.17 bits per heavy atom. The van der Waals surface area contributed by atoms with Crippen molar-refractivity contribution in [1.82, 2.24) is 5.32 Å². The number of esters is 1. The van der Waals surface area contributed by atoms with Crippen molar-refractivity contribution in [2.75, 3.05) is 26.2 Å². The lowest BCUT2D eigenvalue weighted by Crippen LogP contribution is -2.66. The van der Waals surface area contributed by atoms with E-state index in [4.69, 9.17) is 21.1 Å². The van der Waals surface area contributed by atoms with Gasteiger partial charge in [-0.05, 0) is 32.8 Å². The Bertz CT molecular complexity index is 985. The number of hydrogen-bond donors (Lipinski definition) is 1. The maximum Gasteiger partial charge on any atom is 0.408 e. The number of rotatable bonds is 7. The van der Waals surface area contributed by atoms with Gasteiger partial charge in [0.1, 0.15) is 18.7 Å². The summed E-state index contributed by atoms with van der Waals surface area (Å²) in [5, 5.41) is 2.58. The molecule has 2 unspecified atom stereocenters. The average molecular weight is 522 g/mol. The summed E-state index contributed by atoms with van der Waals surface area (Å²) in [5.41, 5.74) is -0.0581. The largest absolute Gasteiger partial charge is 0.454 e. The van der Waals surface area contributed by atoms with Crippen LogP contribution in [0, 0.1) is 5.92 Å². The van der Waals surface area contributed by atoms with Crippen LogP contribution in [-0.2, 0) is 19.1 Å². The minimum atomic E-state index is -0.973. The first-order valence-electron chi connectivity index (χ1n) is 12.2. The van der Waals surface area contributed by atoms with E-state index in [0.717, 1.165) is 25.9 Å². The molecule has 1 N–H and O–H groups in total. The van der Waals surface area contributed by atoms with E-state index < -0.39 is 23.7 Å². The standard InChI is InChI=1S/C26H33ClN2O5S/c1-26(2,3)34-25(32)28-23(18-7-5-4-6-8-18)24(31)33-20-16-29(13-11-17(20)12-14-29)15-19(30)21-9-10-22(27)35-21/h4-8,10,17,20-21,23H,9,11-16H2,1-3H3/p+1/t17?,20-,21?,23?,29?/m0/s1. The molecule has 4 aliphatic rings. The van der Waals surface area contributed by atoms with Gasteiger partial charge in [-0.3, -0.25) is 4.79 Å². The number of carbonyl (C=O) groups is 3. The van der Waals surface area contributed by atoms with Crippen LogP contribution >= 0.6 is 23.4 Å². The Kier molecular flexibility index (Phi) is 7.83. The third-order valence-corrected chi connectivity index (χ3v) is 8.49. The first-order chi connectivity index (χ1) is 16.5. The van der Waals surface area contributed by atoms with Crippen LogP contribution in [0.25, 0.3) is 0 Å². The third-order valence-electron chi connectivity index (χ3n) is 6.94. The maximum atomic E-state index is 13.4. The number of hydrogen-bond acceptors (Lipinski definition) is 6. The molecule has 3 atom stereocenters. The molecule has 0 aromatic heterocycles. The van der Waals surface area contributed by atoms with Gasteiger partial charge in [-0.1, -0.05) is 48.0 Å². The molecule has 3 saturated heterocycles. The van der Waals surface area contributed by atoms with Crippen LogP contribution < -0.4 is 5.32 Å². The van der Waals surface area contributed by atoms with Crippen LogP contribution in [0.15, 0.2) is 40.8 Å². The SMILES string of the molecule is CC(C)(C)OC(=O)NC(C(=O)O[C@H]1C[N+]2(CC(=O)C3CC=C(Cl)S3)CCC1CC2)c1ccccc1. The fraction of sp³-hybridized carbons (Fsp3) is 0.577. The molecule has 3 fully saturated rings. The van der Waals surface area contributed by atoms with Crippen LogP contribution in [0.2, 0.25) is 0 Å². The molecule has 1 aromatic rings. The highest BCUT2D eigenvalue weighted by atomic mass is 35.5. The summed E-state index contributed by atoms with van der Waals surface area (Å²) in [6, 6.07) is 8.07. The Hall–Kier alpha value is -2.03. The van der Waals surface area contributed by atoms with Crippen LogP contribution in [0.4, 0.5) is 4.79 Å². The number of halogens is 1. The molecule has 1 aromatic carbocycles. The van der Waals surface area contributed by atoms with E-state index in [0.29, 0.717) is 33.9 Å². The van der Waals surface area contributed by atoms with Crippen molar-refractivity contribution in [2.24, 2.45) is 5.92 Å². The summed E-state index contributed by atoms with van der Waals surface area (Å²) in [7, 11) is 0. The first kappa shape index (κ1) is 26.0. The predicted molar refractivity (Wildman–Crippen MR) is 136 cm³/mol. The molecule has 0 spiro atoms. The number of ketones is 1. The van der Waals surface area contributed by atoms with Gasteiger partial charge in [0, 0.05) is 18.8 Å². The van der Waals surface area contributed by atoms with Gasteiger partial charge in [-0.2, -0.15) is 0 Å². The van der Waals surface area contributed by atoms with Gasteiger partial charge in [0.05, 0.1) is 22.7 Å². The smallest absolute Gasteiger partial charge is 0.408 e. The molecule has 4 heterocycles. The highest BCUT2D eigenvalue weighted by Gasteiger charge is 2.49. The monoisotopic (exact) mass is 521 g/mol. The second kappa shape index (κ2) is 10.5. The zero-order valence-electron chi connectivity index (χ0n) is 20.5. The number of quaternary nitrogens is 1. The fourth-order valence-electron chi connectivity index (χ4n) is 5.20. The minimum absolute atomic E-state index is 0.115. The van der Waals surface area contributed by atoms with E-state index in [1.165, 1.54) is 11.8 Å². The van der Waals surface area contributed by atoms with Crippen molar-refractivity contribution < 1.29 is 28.3 Å². The van der Waals surface area contributed by atoms with Crippen molar-refractivity contribution in [1.29, 1.82) is 0 Å². The number of thioether (sulfide) groups is 1. The maximum absolute atomic E-state index is 13.4. The van der Waals surface area contributed by atoms with Gasteiger partial charge in [0.15, 0.2) is 17.9 Å². The number of amides is 1. The minimum Gasteiger partial charge on any atom is -0.454 e. The number of nitrogens with zero attached hydrogens (tertiary/aromatic N) is 1. The molecule has 190 valence electrons. The molecule has 9 heteroatoms. The lowest BCUT2D eigenvalue weighted by Gasteiger charge is -2.51. The van der Waals surface area contributed by atoms with Crippen LogP contribution in [0.1, 0.15) is 51.6 Å². The molecular formula is C26H34ClN2O5S+. The second-order valence-corrected chi connectivity index (χ2v) is 12.6. The van der Waals surface area contributed by atoms with Gasteiger partial charge in [-0.25, -0.2) is 9.59 Å². The summed E-state index contributed by atoms with van der Waals surface area (Å²) in [6.45, 7) is 8.21. The Labute approximate surface area is 216 Å². The van der Waals surface area contributed by atoms with E-state index in [9.17, 15) is 14.4 Å². The summed E-state index contributed by atoms with van der Waals surface area (Å²) in [5.74, 6) is -0.0299. The lowest BCUT2D eigenvalue weighted by atomic mass is 9.83. The summed E-state index contributed by atoms with van der Waals surface area (Å²) < 4.78 is 12.8. The molecular weight excluding hydrogens is 488 g/mol. The van der Waals surface area contributed by atoms with E-state index in [2.05, 4.69) is 5.32 Å². The summed E-state index contributed by atoms with van der Waals surface area (Å²) in [6.07, 6.45) is 3.45. The van der Waals surface area contributed by atoms with E-state index in [1.807, 2.05) is 24.3 Å². The van der Waals surface area contributed by atoms with Crippen LogP contribution in [-0.4, -0.2) is 65.5 Å². The quantitative estimate of drug-likeness (QED) is 0.418. The van der Waals surface area contributed by atoms with E-state index in [-0.39, 0.29) is 23.1 Å². The van der Waals surface area contributed by atoms with Gasteiger partial charge in [0.2, 0.25) is 0 Å². The van der Waals surface area contributed by atoms with Gasteiger partial charge in [-0.15, -0.1) is 11.8 Å². The fourth-order valence-corrected chi connectivity index (χ4v) is 6.48. The highest BCUT2D eigenvalue weighted by Crippen LogP contribution is 2.39. The number of allylic oxidation sites excluding steroid dienone is 1. The average Bonchev–Trinajstić information content (AvgIpc) is 3.24. The topological polar surface area (TPSA) is 81.7 Å². The van der Waals surface area contributed by atoms with Crippen LogP contribution in [0.3, 0.4) is 0 Å². The number of ether oxygens (including phenoxy) is 2. The molecule has 4 aliphatic heterocycles. The number of benzene rings is 1. The Morgan fingerprint density at radius 3 is 2.46 bits per heavy atom. The van der Waals surface area contributed by atoms with Crippen molar-refractivity contribution >= 4 is 41.2 Å². The Balaban J connectivity index is 1.43. The Morgan fingerprint density at radius 2 is 1.86 bits per heavy atom. The first-order valence-corrected chi connectivity index (χ1v) is 13.4. The normalized spacial score (nSPS) is 28.7. The number of fused-ring (bicyclic) bond motifs is 3. The van der Waals surface area contributed by atoms with Crippen molar-refractivity contribution in [3.05, 3.63) is 46.3 Å². The van der Waals surface area contributed by atoms with E-state index in [1.54, 1.807) is 32.9 Å². The molecule has 0 saturated carbocycles. The van der Waals surface area contributed by atoms with E-state index >= 15 is 0 Å². The van der Waals surface area contributed by atoms with Crippen molar-refractivity contribution in [2.45, 2.75) is 63.0 Å². The predicted octanol–water partition coefficient (Wildman–Crippen LogP) is 4.56. The number of Topliss-reactive ketones (excluding diaryl/α,β-unsaturated/α-hetero) is 1. The van der Waals surface area contributed by atoms with Gasteiger partial charge < -0.3 is 19.3 Å². The summed E-state index contributed by atoms with van der Waals surface area (Å²) >= 11 is 7.51. The number of carbonyl (C=O) groups excluding carboxylic acids is 3. The number of alkyl carbamates (subject to hydrolysis) is 1. The number of piperidine rings is 3. The molecule has 0 aliphatic carbocycles. The molecule has 0 radical (unpaired) electrons. The zero-order valence-corrected chi connectivity index (χ0v) is 22.1. The van der Waals surface area contributed by atoms with Crippen molar-refractivity contribution in [3.8, 4) is 0 Å². The molecule has 35 heavy (non-hydrogen) atoms. The highest BCUT2D eigenvalue weighted by molar-refractivity contribution is 8.06.